The molecule has 0 saturated carbocycles. The van der Waals surface area contributed by atoms with Gasteiger partial charge in [0.15, 0.2) is 5.78 Å². The average molecular weight is 332 g/mol. The summed E-state index contributed by atoms with van der Waals surface area (Å²) in [6.45, 7) is 5.09. The van der Waals surface area contributed by atoms with Gasteiger partial charge >= 0.3 is 0 Å². The number of carbonyl (C=O) groups is 2. The van der Waals surface area contributed by atoms with E-state index >= 15 is 0 Å². The summed E-state index contributed by atoms with van der Waals surface area (Å²) in [5.74, 6) is -1.10. The number of hydroxylamine groups is 4. The molecule has 3 rings (SSSR count). The molecule has 2 fully saturated rings. The van der Waals surface area contributed by atoms with Gasteiger partial charge in [0.2, 0.25) is 0 Å². The summed E-state index contributed by atoms with van der Waals surface area (Å²) >= 11 is 0. The predicted molar refractivity (Wildman–Crippen MR) is 88.1 cm³/mol. The lowest BCUT2D eigenvalue weighted by Crippen LogP contribution is -2.55. The molecule has 2 saturated heterocycles. The molecule has 6 heteroatoms. The van der Waals surface area contributed by atoms with Crippen LogP contribution < -0.4 is 0 Å². The molecule has 6 nitrogen and oxygen atoms in total. The maximum Gasteiger partial charge on any atom is 0.262 e. The lowest BCUT2D eigenvalue weighted by molar-refractivity contribution is -0.219. The van der Waals surface area contributed by atoms with Crippen molar-refractivity contribution in [2.75, 3.05) is 27.3 Å². The van der Waals surface area contributed by atoms with Gasteiger partial charge in [-0.15, -0.1) is 0 Å². The number of hydrogen-bond donors (Lipinski definition) is 0. The van der Waals surface area contributed by atoms with Crippen molar-refractivity contribution < 1.29 is 19.3 Å². The van der Waals surface area contributed by atoms with Crippen molar-refractivity contribution in [3.8, 4) is 0 Å². The highest BCUT2D eigenvalue weighted by molar-refractivity contribution is 6.17. The Morgan fingerprint density at radius 3 is 2.33 bits per heavy atom. The van der Waals surface area contributed by atoms with Gasteiger partial charge in [-0.25, -0.2) is 5.06 Å². The van der Waals surface area contributed by atoms with E-state index < -0.39 is 11.5 Å². The quantitative estimate of drug-likeness (QED) is 0.790. The molecule has 1 aromatic carbocycles. The van der Waals surface area contributed by atoms with Crippen LogP contribution in [0.4, 0.5) is 0 Å². The Morgan fingerprint density at radius 2 is 1.75 bits per heavy atom. The first-order valence-corrected chi connectivity index (χ1v) is 8.23. The first-order chi connectivity index (χ1) is 11.4. The molecule has 130 valence electrons. The first kappa shape index (κ1) is 17.1. The molecular weight excluding hydrogens is 308 g/mol. The van der Waals surface area contributed by atoms with Gasteiger partial charge in [0.1, 0.15) is 11.5 Å². The summed E-state index contributed by atoms with van der Waals surface area (Å²) in [5.41, 5.74) is 1.89. The van der Waals surface area contributed by atoms with E-state index in [0.717, 1.165) is 16.7 Å². The van der Waals surface area contributed by atoms with Crippen LogP contribution in [0.3, 0.4) is 0 Å². The minimum atomic E-state index is -0.887. The summed E-state index contributed by atoms with van der Waals surface area (Å²) in [7, 11) is 3.08. The fourth-order valence-electron chi connectivity index (χ4n) is 3.91. The summed E-state index contributed by atoms with van der Waals surface area (Å²) in [6.07, 6.45) is 1.03. The number of benzene rings is 1. The Balaban J connectivity index is 2.01. The van der Waals surface area contributed by atoms with Gasteiger partial charge in [0, 0.05) is 13.1 Å². The zero-order valence-corrected chi connectivity index (χ0v) is 14.7. The molecule has 24 heavy (non-hydrogen) atoms. The number of ketones is 1. The number of carbonyl (C=O) groups excluding carboxylic acids is 2. The molecule has 2 aliphatic heterocycles. The van der Waals surface area contributed by atoms with Crippen molar-refractivity contribution in [3.05, 3.63) is 34.9 Å². The van der Waals surface area contributed by atoms with E-state index in [0.29, 0.717) is 25.9 Å². The van der Waals surface area contributed by atoms with Crippen molar-refractivity contribution >= 4 is 11.7 Å². The Morgan fingerprint density at radius 1 is 1.08 bits per heavy atom. The van der Waals surface area contributed by atoms with Gasteiger partial charge in [-0.2, -0.15) is 5.06 Å². The van der Waals surface area contributed by atoms with E-state index in [1.165, 1.54) is 12.2 Å². The fourth-order valence-corrected chi connectivity index (χ4v) is 3.91. The molecule has 0 N–H and O–H groups in total. The largest absolute Gasteiger partial charge is 0.302 e. The van der Waals surface area contributed by atoms with E-state index in [1.54, 1.807) is 7.11 Å². The summed E-state index contributed by atoms with van der Waals surface area (Å²) in [6, 6.07) is 5.89. The number of piperidine rings is 1. The fraction of sp³-hybridized carbons (Fsp3) is 0.556. The van der Waals surface area contributed by atoms with Crippen molar-refractivity contribution in [2.24, 2.45) is 0 Å². The Labute approximate surface area is 142 Å². The highest BCUT2D eigenvalue weighted by atomic mass is 16.7. The highest BCUT2D eigenvalue weighted by Gasteiger charge is 2.60. The number of Topliss-reactive ketones (excluding diaryl/α,β-unsaturated/α-hetero) is 1. The number of hydrogen-bond acceptors (Lipinski definition) is 5. The van der Waals surface area contributed by atoms with Crippen LogP contribution >= 0.6 is 0 Å². The van der Waals surface area contributed by atoms with Crippen LogP contribution in [0.25, 0.3) is 0 Å². The number of amides is 1. The molecule has 1 unspecified atom stereocenters. The van der Waals surface area contributed by atoms with Crippen molar-refractivity contribution in [1.82, 2.24) is 10.1 Å². The SMILES string of the molecule is CON1CCC2(CC1)C(=O)C(c1cc(C)ccc1C)C(=O)N2OC. The molecule has 0 radical (unpaired) electrons. The molecule has 1 atom stereocenters. The summed E-state index contributed by atoms with van der Waals surface area (Å²) in [4.78, 5) is 36.9. The van der Waals surface area contributed by atoms with E-state index in [9.17, 15) is 9.59 Å². The third-order valence-electron chi connectivity index (χ3n) is 5.29. The van der Waals surface area contributed by atoms with Crippen LogP contribution in [-0.2, 0) is 19.3 Å². The smallest absolute Gasteiger partial charge is 0.262 e. The van der Waals surface area contributed by atoms with Gasteiger partial charge in [0.05, 0.1) is 14.2 Å². The highest BCUT2D eigenvalue weighted by Crippen LogP contribution is 2.43. The number of nitrogens with zero attached hydrogens (tertiary/aromatic N) is 2. The molecule has 0 aromatic heterocycles. The van der Waals surface area contributed by atoms with E-state index in [2.05, 4.69) is 0 Å². The lowest BCUT2D eigenvalue weighted by Gasteiger charge is -2.40. The zero-order chi connectivity index (χ0) is 17.5. The Hall–Kier alpha value is -1.76. The normalized spacial score (nSPS) is 24.2. The van der Waals surface area contributed by atoms with Crippen LogP contribution in [0.1, 0.15) is 35.4 Å². The third kappa shape index (κ3) is 2.46. The maximum atomic E-state index is 13.3. The molecule has 0 aliphatic carbocycles. The lowest BCUT2D eigenvalue weighted by atomic mass is 9.80. The molecule has 2 aliphatic rings. The Kier molecular flexibility index (Phi) is 4.46. The molecule has 1 aromatic rings. The van der Waals surface area contributed by atoms with Crippen molar-refractivity contribution in [2.45, 2.75) is 38.1 Å². The average Bonchev–Trinajstić information content (AvgIpc) is 2.78. The second kappa shape index (κ2) is 6.27. The molecule has 1 amide bonds. The summed E-state index contributed by atoms with van der Waals surface area (Å²) < 4.78 is 0. The minimum absolute atomic E-state index is 0.0567. The van der Waals surface area contributed by atoms with E-state index in [4.69, 9.17) is 9.68 Å². The number of aryl methyl sites for hydroxylation is 2. The predicted octanol–water partition coefficient (Wildman–Crippen LogP) is 1.76. The first-order valence-electron chi connectivity index (χ1n) is 8.23. The summed E-state index contributed by atoms with van der Waals surface area (Å²) in [5, 5.41) is 3.12. The van der Waals surface area contributed by atoms with E-state index in [-0.39, 0.29) is 11.7 Å². The zero-order valence-electron chi connectivity index (χ0n) is 14.7. The molecule has 2 heterocycles. The van der Waals surface area contributed by atoms with Crippen LogP contribution in [0.2, 0.25) is 0 Å². The second-order valence-corrected chi connectivity index (χ2v) is 6.62. The molecular formula is C18H24N2O4. The van der Waals surface area contributed by atoms with Crippen molar-refractivity contribution in [3.63, 3.8) is 0 Å². The monoisotopic (exact) mass is 332 g/mol. The minimum Gasteiger partial charge on any atom is -0.302 e. The standard InChI is InChI=1S/C18H24N2O4/c1-12-5-6-13(2)14(11-12)15-16(21)18(20(24-4)17(15)22)7-9-19(23-3)10-8-18/h5-6,11,15H,7-10H2,1-4H3. The van der Waals surface area contributed by atoms with Crippen LogP contribution in [0.5, 0.6) is 0 Å². The Bertz CT molecular complexity index is 665. The van der Waals surface area contributed by atoms with Gasteiger partial charge in [0.25, 0.3) is 5.91 Å². The second-order valence-electron chi connectivity index (χ2n) is 6.62. The van der Waals surface area contributed by atoms with Gasteiger partial charge in [-0.05, 0) is 37.8 Å². The van der Waals surface area contributed by atoms with Crippen LogP contribution in [0, 0.1) is 13.8 Å². The van der Waals surface area contributed by atoms with Crippen LogP contribution in [-0.4, -0.2) is 54.7 Å². The molecule has 0 bridgehead atoms. The number of rotatable bonds is 3. The van der Waals surface area contributed by atoms with Gasteiger partial charge in [-0.1, -0.05) is 23.8 Å². The van der Waals surface area contributed by atoms with Gasteiger partial charge < -0.3 is 4.84 Å². The van der Waals surface area contributed by atoms with Crippen molar-refractivity contribution in [1.29, 1.82) is 0 Å². The van der Waals surface area contributed by atoms with Gasteiger partial charge in [-0.3, -0.25) is 14.4 Å². The topological polar surface area (TPSA) is 59.1 Å². The molecule has 1 spiro atoms. The maximum absolute atomic E-state index is 13.3. The third-order valence-corrected chi connectivity index (χ3v) is 5.29. The van der Waals surface area contributed by atoms with Crippen LogP contribution in [0.15, 0.2) is 18.2 Å². The van der Waals surface area contributed by atoms with E-state index in [1.807, 2.05) is 37.1 Å².